The molecule has 7 nitrogen and oxygen atoms in total. The third kappa shape index (κ3) is 4.02. The molecule has 21 heavy (non-hydrogen) atoms. The summed E-state index contributed by atoms with van der Waals surface area (Å²) in [5.41, 5.74) is -0.00817. The molecule has 1 aromatic heterocycles. The van der Waals surface area contributed by atoms with Crippen molar-refractivity contribution in [2.45, 2.75) is 52.7 Å². The van der Waals surface area contributed by atoms with Gasteiger partial charge < -0.3 is 9.26 Å². The predicted octanol–water partition coefficient (Wildman–Crippen LogP) is 1.43. The first-order chi connectivity index (χ1) is 9.73. The largest absolute Gasteiger partial charge is 0.377 e. The molecule has 1 saturated heterocycles. The lowest BCUT2D eigenvalue weighted by atomic mass is 9.81. The fraction of sp³-hybridized carbons (Fsp3) is 0.846. The summed E-state index contributed by atoms with van der Waals surface area (Å²) in [6.07, 6.45) is 0.886. The van der Waals surface area contributed by atoms with E-state index in [2.05, 4.69) is 35.6 Å². The van der Waals surface area contributed by atoms with Gasteiger partial charge in [-0.2, -0.15) is 4.98 Å². The quantitative estimate of drug-likeness (QED) is 0.883. The van der Waals surface area contributed by atoms with Crippen molar-refractivity contribution in [2.24, 2.45) is 5.41 Å². The molecule has 0 radical (unpaired) electrons. The van der Waals surface area contributed by atoms with E-state index in [0.717, 1.165) is 6.42 Å². The Kier molecular flexibility index (Phi) is 4.69. The van der Waals surface area contributed by atoms with Gasteiger partial charge in [0.1, 0.15) is 0 Å². The molecule has 1 aliphatic rings. The summed E-state index contributed by atoms with van der Waals surface area (Å²) >= 11 is 0. The predicted molar refractivity (Wildman–Crippen MR) is 77.2 cm³/mol. The topological polar surface area (TPSA) is 94.3 Å². The normalized spacial score (nSPS) is 23.6. The molecule has 8 heteroatoms. The average molecular weight is 317 g/mol. The van der Waals surface area contributed by atoms with Gasteiger partial charge in [-0.25, -0.2) is 13.1 Å². The minimum atomic E-state index is -3.26. The van der Waals surface area contributed by atoms with E-state index < -0.39 is 10.0 Å². The van der Waals surface area contributed by atoms with Crippen LogP contribution in [0.15, 0.2) is 4.52 Å². The Bertz CT molecular complexity index is 576. The molecule has 2 rings (SSSR count). The van der Waals surface area contributed by atoms with Gasteiger partial charge in [0, 0.05) is 6.61 Å². The lowest BCUT2D eigenvalue weighted by Gasteiger charge is -2.29. The molecule has 0 spiro atoms. The number of hydrogen-bond donors (Lipinski definition) is 1. The Morgan fingerprint density at radius 1 is 1.38 bits per heavy atom. The Morgan fingerprint density at radius 3 is 2.71 bits per heavy atom. The Labute approximate surface area is 125 Å². The van der Waals surface area contributed by atoms with Crippen molar-refractivity contribution < 1.29 is 17.7 Å². The van der Waals surface area contributed by atoms with Crippen LogP contribution < -0.4 is 4.72 Å². The van der Waals surface area contributed by atoms with Crippen molar-refractivity contribution in [2.75, 3.05) is 12.4 Å². The lowest BCUT2D eigenvalue weighted by molar-refractivity contribution is 0.0193. The minimum Gasteiger partial charge on any atom is -0.377 e. The van der Waals surface area contributed by atoms with Gasteiger partial charge >= 0.3 is 0 Å². The first-order valence-electron chi connectivity index (χ1n) is 7.14. The zero-order valence-electron chi connectivity index (χ0n) is 12.9. The van der Waals surface area contributed by atoms with E-state index in [-0.39, 0.29) is 35.6 Å². The maximum absolute atomic E-state index is 11.4. The van der Waals surface area contributed by atoms with Gasteiger partial charge in [0.25, 0.3) is 0 Å². The van der Waals surface area contributed by atoms with Gasteiger partial charge in [-0.3, -0.25) is 0 Å². The molecule has 1 aliphatic heterocycles. The maximum Gasteiger partial charge on any atom is 0.241 e. The third-order valence-corrected chi connectivity index (χ3v) is 4.93. The first kappa shape index (κ1) is 16.4. The highest BCUT2D eigenvalue weighted by atomic mass is 32.2. The third-order valence-electron chi connectivity index (χ3n) is 3.58. The van der Waals surface area contributed by atoms with Gasteiger partial charge in [0.05, 0.1) is 24.3 Å². The van der Waals surface area contributed by atoms with Crippen LogP contribution in [-0.2, 0) is 21.3 Å². The number of nitrogens with one attached hydrogen (secondary N) is 1. The van der Waals surface area contributed by atoms with Crippen LogP contribution in [0.25, 0.3) is 0 Å². The van der Waals surface area contributed by atoms with Gasteiger partial charge in [0.2, 0.25) is 15.9 Å². The van der Waals surface area contributed by atoms with Crippen molar-refractivity contribution in [1.82, 2.24) is 14.9 Å². The average Bonchev–Trinajstić information content (AvgIpc) is 3.04. The number of hydrogen-bond acceptors (Lipinski definition) is 6. The van der Waals surface area contributed by atoms with E-state index >= 15 is 0 Å². The van der Waals surface area contributed by atoms with E-state index in [1.54, 1.807) is 6.92 Å². The molecular weight excluding hydrogens is 294 g/mol. The summed E-state index contributed by atoms with van der Waals surface area (Å²) in [5, 5.41) is 3.99. The molecule has 120 valence electrons. The van der Waals surface area contributed by atoms with Crippen LogP contribution in [0, 0.1) is 5.41 Å². The van der Waals surface area contributed by atoms with Gasteiger partial charge in [-0.1, -0.05) is 25.9 Å². The summed E-state index contributed by atoms with van der Waals surface area (Å²) in [5.74, 6) is 0.987. The Hall–Kier alpha value is -0.990. The number of ether oxygens (including phenoxy) is 1. The van der Waals surface area contributed by atoms with E-state index in [1.165, 1.54) is 0 Å². The zero-order chi connectivity index (χ0) is 15.7. The molecule has 0 saturated carbocycles. The minimum absolute atomic E-state index is 0.00817. The SMILES string of the molecule is CCS(=O)(=O)NCc1nc([C@H]2CCO[C@@H]2C(C)(C)C)no1. The smallest absolute Gasteiger partial charge is 0.241 e. The van der Waals surface area contributed by atoms with Crippen LogP contribution >= 0.6 is 0 Å². The molecule has 0 amide bonds. The van der Waals surface area contributed by atoms with Crippen molar-refractivity contribution >= 4 is 10.0 Å². The second kappa shape index (κ2) is 6.02. The molecule has 1 N–H and O–H groups in total. The monoisotopic (exact) mass is 317 g/mol. The molecule has 0 aromatic carbocycles. The lowest BCUT2D eigenvalue weighted by Crippen LogP contribution is -2.30. The highest BCUT2D eigenvalue weighted by Gasteiger charge is 2.40. The molecule has 0 aliphatic carbocycles. The van der Waals surface area contributed by atoms with Gasteiger partial charge in [-0.15, -0.1) is 0 Å². The van der Waals surface area contributed by atoms with Crippen molar-refractivity contribution in [3.05, 3.63) is 11.7 Å². The molecule has 2 atom stereocenters. The van der Waals surface area contributed by atoms with Crippen LogP contribution in [0.4, 0.5) is 0 Å². The maximum atomic E-state index is 11.4. The second-order valence-corrected chi connectivity index (χ2v) is 8.42. The first-order valence-corrected chi connectivity index (χ1v) is 8.79. The van der Waals surface area contributed by atoms with Crippen molar-refractivity contribution in [3.63, 3.8) is 0 Å². The van der Waals surface area contributed by atoms with Gasteiger partial charge in [-0.05, 0) is 18.8 Å². The number of nitrogens with zero attached hydrogens (tertiary/aromatic N) is 2. The summed E-state index contributed by atoms with van der Waals surface area (Å²) < 4.78 is 36.1. The number of aromatic nitrogens is 2. The number of rotatable bonds is 5. The number of sulfonamides is 1. The highest BCUT2D eigenvalue weighted by molar-refractivity contribution is 7.89. The Balaban J connectivity index is 2.06. The summed E-state index contributed by atoms with van der Waals surface area (Å²) in [6, 6.07) is 0. The summed E-state index contributed by atoms with van der Waals surface area (Å²) in [6.45, 7) is 8.63. The van der Waals surface area contributed by atoms with Crippen LogP contribution in [0.1, 0.15) is 51.7 Å². The highest BCUT2D eigenvalue weighted by Crippen LogP contribution is 2.39. The molecule has 1 aromatic rings. The van der Waals surface area contributed by atoms with E-state index in [9.17, 15) is 8.42 Å². The van der Waals surface area contributed by atoms with Crippen LogP contribution in [0.5, 0.6) is 0 Å². The molecular formula is C13H23N3O4S. The summed E-state index contributed by atoms with van der Waals surface area (Å²) in [7, 11) is -3.26. The van der Waals surface area contributed by atoms with Crippen molar-refractivity contribution in [1.29, 1.82) is 0 Å². The summed E-state index contributed by atoms with van der Waals surface area (Å²) in [4.78, 5) is 4.31. The fourth-order valence-electron chi connectivity index (χ4n) is 2.47. The van der Waals surface area contributed by atoms with Crippen LogP contribution in [-0.4, -0.2) is 37.0 Å². The standard InChI is InChI=1S/C13H23N3O4S/c1-5-21(17,18)14-8-10-15-12(16-20-10)9-6-7-19-11(9)13(2,3)4/h9,11,14H,5-8H2,1-4H3/t9-,11-/m0/s1. The second-order valence-electron chi connectivity index (χ2n) is 6.32. The van der Waals surface area contributed by atoms with Gasteiger partial charge in [0.15, 0.2) is 5.82 Å². The molecule has 0 unspecified atom stereocenters. The van der Waals surface area contributed by atoms with E-state index in [0.29, 0.717) is 12.4 Å². The molecule has 2 heterocycles. The Morgan fingerprint density at radius 2 is 2.10 bits per heavy atom. The zero-order valence-corrected chi connectivity index (χ0v) is 13.7. The van der Waals surface area contributed by atoms with E-state index in [1.807, 2.05) is 0 Å². The van der Waals surface area contributed by atoms with E-state index in [4.69, 9.17) is 9.26 Å². The molecule has 0 bridgehead atoms. The molecule has 1 fully saturated rings. The van der Waals surface area contributed by atoms with Crippen LogP contribution in [0.3, 0.4) is 0 Å². The van der Waals surface area contributed by atoms with Crippen molar-refractivity contribution in [3.8, 4) is 0 Å². The van der Waals surface area contributed by atoms with Crippen LogP contribution in [0.2, 0.25) is 0 Å². The fourth-order valence-corrected chi connectivity index (χ4v) is 3.02.